The predicted molar refractivity (Wildman–Crippen MR) is 54.2 cm³/mol. The van der Waals surface area contributed by atoms with E-state index in [0.717, 1.165) is 5.57 Å². The number of hydrogen-bond acceptors (Lipinski definition) is 2. The number of nitrogens with two attached hydrogens (primary N) is 1. The second-order valence-corrected chi connectivity index (χ2v) is 2.87. The smallest absolute Gasteiger partial charge is 0.0163 e. The van der Waals surface area contributed by atoms with Crippen LogP contribution in [-0.4, -0.2) is 0 Å². The first kappa shape index (κ1) is 11.0. The maximum Gasteiger partial charge on any atom is 0.0163 e. The van der Waals surface area contributed by atoms with Crippen LogP contribution in [0.1, 0.15) is 20.8 Å². The summed E-state index contributed by atoms with van der Waals surface area (Å²) in [4.78, 5) is 0. The van der Waals surface area contributed by atoms with Crippen molar-refractivity contribution in [2.75, 3.05) is 0 Å². The van der Waals surface area contributed by atoms with Crippen molar-refractivity contribution in [2.24, 2.45) is 11.8 Å². The lowest BCUT2D eigenvalue weighted by Crippen LogP contribution is -2.16. The van der Waals surface area contributed by atoms with E-state index in [9.17, 15) is 0 Å². The van der Waals surface area contributed by atoms with E-state index >= 15 is 0 Å². The van der Waals surface area contributed by atoms with Crippen molar-refractivity contribution in [3.8, 4) is 0 Å². The molecule has 0 aromatic heterocycles. The molecular formula is C10H18N2. The fourth-order valence-corrected chi connectivity index (χ4v) is 1.08. The van der Waals surface area contributed by atoms with Crippen LogP contribution in [0.2, 0.25) is 0 Å². The summed E-state index contributed by atoms with van der Waals surface area (Å²) in [7, 11) is 0. The van der Waals surface area contributed by atoms with Crippen molar-refractivity contribution in [3.05, 3.63) is 36.1 Å². The molecule has 0 heterocycles. The van der Waals surface area contributed by atoms with Crippen molar-refractivity contribution >= 4 is 0 Å². The van der Waals surface area contributed by atoms with Crippen LogP contribution in [0.25, 0.3) is 0 Å². The number of hydrazine groups is 1. The average molecular weight is 166 g/mol. The Balaban J connectivity index is 4.73. The number of rotatable bonds is 4. The summed E-state index contributed by atoms with van der Waals surface area (Å²) >= 11 is 0. The lowest BCUT2D eigenvalue weighted by molar-refractivity contribution is 0.764. The Kier molecular flexibility index (Phi) is 5.13. The number of allylic oxidation sites excluding steroid dienone is 4. The summed E-state index contributed by atoms with van der Waals surface area (Å²) in [5.41, 5.74) is 4.85. The van der Waals surface area contributed by atoms with Gasteiger partial charge in [0.25, 0.3) is 0 Å². The van der Waals surface area contributed by atoms with Gasteiger partial charge in [0.1, 0.15) is 0 Å². The van der Waals surface area contributed by atoms with Crippen molar-refractivity contribution in [1.82, 2.24) is 5.43 Å². The molecule has 12 heavy (non-hydrogen) atoms. The monoisotopic (exact) mass is 166 g/mol. The van der Waals surface area contributed by atoms with E-state index < -0.39 is 0 Å². The second kappa shape index (κ2) is 5.61. The standard InChI is InChI=1S/C10H18N2/c1-5-9(6-2)10(7-12-11)8(3)4/h5-8,12H,1,11H2,2-4H3/b9-6-,10-7-. The molecule has 0 saturated heterocycles. The van der Waals surface area contributed by atoms with E-state index in [1.54, 1.807) is 0 Å². The molecule has 0 unspecified atom stereocenters. The summed E-state index contributed by atoms with van der Waals surface area (Å²) < 4.78 is 0. The van der Waals surface area contributed by atoms with Gasteiger partial charge < -0.3 is 5.43 Å². The van der Waals surface area contributed by atoms with Crippen molar-refractivity contribution in [1.29, 1.82) is 0 Å². The minimum Gasteiger partial charge on any atom is -0.331 e. The molecule has 0 rings (SSSR count). The molecular weight excluding hydrogens is 148 g/mol. The third-order valence-corrected chi connectivity index (χ3v) is 1.73. The maximum atomic E-state index is 5.23. The Morgan fingerprint density at radius 2 is 2.08 bits per heavy atom. The quantitative estimate of drug-likeness (QED) is 0.381. The maximum absolute atomic E-state index is 5.23. The van der Waals surface area contributed by atoms with Crippen molar-refractivity contribution < 1.29 is 0 Å². The zero-order valence-corrected chi connectivity index (χ0v) is 8.09. The van der Waals surface area contributed by atoms with Crippen molar-refractivity contribution in [3.63, 3.8) is 0 Å². The molecule has 0 amide bonds. The van der Waals surface area contributed by atoms with Crippen LogP contribution in [-0.2, 0) is 0 Å². The number of hydrogen-bond donors (Lipinski definition) is 2. The van der Waals surface area contributed by atoms with Crippen molar-refractivity contribution in [2.45, 2.75) is 20.8 Å². The van der Waals surface area contributed by atoms with Gasteiger partial charge in [0.15, 0.2) is 0 Å². The van der Waals surface area contributed by atoms with E-state index in [0.29, 0.717) is 5.92 Å². The highest BCUT2D eigenvalue weighted by atomic mass is 15.2. The van der Waals surface area contributed by atoms with E-state index in [1.165, 1.54) is 5.57 Å². The topological polar surface area (TPSA) is 38.0 Å². The van der Waals surface area contributed by atoms with Crippen LogP contribution >= 0.6 is 0 Å². The first-order valence-electron chi connectivity index (χ1n) is 4.12. The van der Waals surface area contributed by atoms with Crippen LogP contribution < -0.4 is 11.3 Å². The summed E-state index contributed by atoms with van der Waals surface area (Å²) in [6.45, 7) is 9.97. The molecule has 3 N–H and O–H groups in total. The predicted octanol–water partition coefficient (Wildman–Crippen LogP) is 2.12. The highest BCUT2D eigenvalue weighted by Crippen LogP contribution is 2.18. The lowest BCUT2D eigenvalue weighted by atomic mass is 9.96. The molecule has 0 saturated carbocycles. The fourth-order valence-electron chi connectivity index (χ4n) is 1.08. The fraction of sp³-hybridized carbons (Fsp3) is 0.400. The highest BCUT2D eigenvalue weighted by Gasteiger charge is 2.04. The third kappa shape index (κ3) is 2.93. The van der Waals surface area contributed by atoms with Gasteiger partial charge in [-0.25, -0.2) is 0 Å². The largest absolute Gasteiger partial charge is 0.331 e. The molecule has 2 heteroatoms. The van der Waals surface area contributed by atoms with Gasteiger partial charge in [-0.3, -0.25) is 5.84 Å². The lowest BCUT2D eigenvalue weighted by Gasteiger charge is -2.11. The Labute approximate surface area is 74.8 Å². The Morgan fingerprint density at radius 1 is 1.50 bits per heavy atom. The van der Waals surface area contributed by atoms with Gasteiger partial charge in [0, 0.05) is 6.20 Å². The molecule has 0 spiro atoms. The Bertz CT molecular complexity index is 200. The zero-order chi connectivity index (χ0) is 9.56. The molecule has 0 fully saturated rings. The van der Waals surface area contributed by atoms with Gasteiger partial charge in [-0.15, -0.1) is 0 Å². The van der Waals surface area contributed by atoms with Crippen LogP contribution in [0.15, 0.2) is 36.1 Å². The van der Waals surface area contributed by atoms with Crippen LogP contribution in [0.5, 0.6) is 0 Å². The van der Waals surface area contributed by atoms with Gasteiger partial charge in [-0.1, -0.05) is 32.6 Å². The molecule has 0 bridgehead atoms. The first-order chi connectivity index (χ1) is 5.67. The van der Waals surface area contributed by atoms with Gasteiger partial charge >= 0.3 is 0 Å². The minimum absolute atomic E-state index is 0.449. The molecule has 0 atom stereocenters. The zero-order valence-electron chi connectivity index (χ0n) is 8.09. The molecule has 0 aliphatic carbocycles. The van der Waals surface area contributed by atoms with Crippen LogP contribution in [0.3, 0.4) is 0 Å². The molecule has 0 aliphatic heterocycles. The first-order valence-corrected chi connectivity index (χ1v) is 4.12. The highest BCUT2D eigenvalue weighted by molar-refractivity contribution is 5.38. The SMILES string of the molecule is C=CC(=C/C)/C(=C\NN)C(C)C. The molecule has 2 nitrogen and oxygen atoms in total. The average Bonchev–Trinajstić information content (AvgIpc) is 2.05. The molecule has 68 valence electrons. The number of nitrogens with one attached hydrogen (secondary N) is 1. The summed E-state index contributed by atoms with van der Waals surface area (Å²) in [5.74, 6) is 5.68. The molecule has 0 radical (unpaired) electrons. The third-order valence-electron chi connectivity index (χ3n) is 1.73. The Morgan fingerprint density at radius 3 is 2.33 bits per heavy atom. The van der Waals surface area contributed by atoms with E-state index in [2.05, 4.69) is 25.9 Å². The van der Waals surface area contributed by atoms with Gasteiger partial charge in [0.05, 0.1) is 0 Å². The summed E-state index contributed by atoms with van der Waals surface area (Å²) in [6.07, 6.45) is 5.67. The van der Waals surface area contributed by atoms with E-state index in [1.807, 2.05) is 25.3 Å². The summed E-state index contributed by atoms with van der Waals surface area (Å²) in [5, 5.41) is 0. The normalized spacial score (nSPS) is 13.4. The molecule has 0 aromatic carbocycles. The van der Waals surface area contributed by atoms with E-state index in [4.69, 9.17) is 5.84 Å². The summed E-state index contributed by atoms with van der Waals surface area (Å²) in [6, 6.07) is 0. The van der Waals surface area contributed by atoms with Crippen LogP contribution in [0.4, 0.5) is 0 Å². The van der Waals surface area contributed by atoms with Gasteiger partial charge in [-0.2, -0.15) is 0 Å². The Hall–Kier alpha value is -1.02. The molecule has 0 aromatic rings. The van der Waals surface area contributed by atoms with Gasteiger partial charge in [0.2, 0.25) is 0 Å². The molecule has 0 aliphatic rings. The van der Waals surface area contributed by atoms with Crippen LogP contribution in [0, 0.1) is 5.92 Å². The minimum atomic E-state index is 0.449. The van der Waals surface area contributed by atoms with E-state index in [-0.39, 0.29) is 0 Å². The second-order valence-electron chi connectivity index (χ2n) is 2.87. The van der Waals surface area contributed by atoms with Gasteiger partial charge in [-0.05, 0) is 24.0 Å².